The maximum absolute atomic E-state index is 12.8. The van der Waals surface area contributed by atoms with Crippen LogP contribution in [0.2, 0.25) is 0 Å². The van der Waals surface area contributed by atoms with Gasteiger partial charge in [0.15, 0.2) is 11.5 Å². The van der Waals surface area contributed by atoms with Crippen molar-refractivity contribution in [1.82, 2.24) is 10.2 Å². The first-order chi connectivity index (χ1) is 12.9. The molecule has 27 heavy (non-hydrogen) atoms. The number of methoxy groups -OCH3 is 2. The lowest BCUT2D eigenvalue weighted by Gasteiger charge is -2.41. The predicted octanol–water partition coefficient (Wildman–Crippen LogP) is 0.737. The molecule has 1 aliphatic heterocycles. The van der Waals surface area contributed by atoms with Crippen LogP contribution in [0.25, 0.3) is 0 Å². The van der Waals surface area contributed by atoms with Crippen LogP contribution in [0.1, 0.15) is 25.5 Å². The van der Waals surface area contributed by atoms with E-state index in [9.17, 15) is 14.7 Å². The number of rotatable bonds is 7. The zero-order valence-corrected chi connectivity index (χ0v) is 16.2. The van der Waals surface area contributed by atoms with Crippen molar-refractivity contribution in [3.63, 3.8) is 0 Å². The van der Waals surface area contributed by atoms with Crippen LogP contribution in [0.15, 0.2) is 18.2 Å². The third-order valence-corrected chi connectivity index (χ3v) is 4.54. The van der Waals surface area contributed by atoms with Gasteiger partial charge >= 0.3 is 0 Å². The summed E-state index contributed by atoms with van der Waals surface area (Å²) in [6, 6.07) is 4.84. The molecule has 8 nitrogen and oxygen atoms in total. The summed E-state index contributed by atoms with van der Waals surface area (Å²) in [7, 11) is 3.08. The Hall–Kier alpha value is -2.32. The molecule has 0 spiro atoms. The smallest absolute Gasteiger partial charge is 0.242 e. The van der Waals surface area contributed by atoms with Gasteiger partial charge in [-0.05, 0) is 17.7 Å². The first-order valence-electron chi connectivity index (χ1n) is 8.94. The predicted molar refractivity (Wildman–Crippen MR) is 98.7 cm³/mol. The number of nitrogens with one attached hydrogen (secondary N) is 1. The molecular weight excluding hydrogens is 352 g/mol. The molecule has 0 bridgehead atoms. The highest BCUT2D eigenvalue weighted by Crippen LogP contribution is 2.35. The molecule has 2 rings (SSSR count). The number of aliphatic hydroxyl groups is 1. The Bertz CT molecular complexity index is 664. The van der Waals surface area contributed by atoms with Crippen LogP contribution in [0.5, 0.6) is 11.5 Å². The van der Waals surface area contributed by atoms with E-state index in [2.05, 4.69) is 5.32 Å². The van der Waals surface area contributed by atoms with Crippen molar-refractivity contribution in [2.24, 2.45) is 5.92 Å². The fourth-order valence-electron chi connectivity index (χ4n) is 3.07. The SMILES string of the molecule is COc1ccc([C@@H]2[C@@H](CO)OCCN2C(=O)CNC(=O)C(C)C)cc1OC. The minimum atomic E-state index is -0.568. The minimum Gasteiger partial charge on any atom is -0.493 e. The number of benzene rings is 1. The molecule has 2 N–H and O–H groups in total. The second-order valence-corrected chi connectivity index (χ2v) is 6.61. The van der Waals surface area contributed by atoms with E-state index in [1.807, 2.05) is 6.07 Å². The Morgan fingerprint density at radius 1 is 1.30 bits per heavy atom. The summed E-state index contributed by atoms with van der Waals surface area (Å²) in [6.45, 7) is 3.89. The standard InChI is InChI=1S/C19H28N2O6/c1-12(2)19(24)20-10-17(23)21-7-8-27-16(11-22)18(21)13-5-6-14(25-3)15(9-13)26-4/h5-6,9,12,16,18,22H,7-8,10-11H2,1-4H3,(H,20,24)/t16-,18-/m1/s1. The van der Waals surface area contributed by atoms with Crippen molar-refractivity contribution < 1.29 is 28.9 Å². The summed E-state index contributed by atoms with van der Waals surface area (Å²) in [6.07, 6.45) is -0.568. The van der Waals surface area contributed by atoms with Gasteiger partial charge < -0.3 is 29.5 Å². The fraction of sp³-hybridized carbons (Fsp3) is 0.579. The van der Waals surface area contributed by atoms with Crippen molar-refractivity contribution in [3.8, 4) is 11.5 Å². The Kier molecular flexibility index (Phi) is 7.44. The quantitative estimate of drug-likeness (QED) is 0.724. The van der Waals surface area contributed by atoms with Crippen LogP contribution in [0.3, 0.4) is 0 Å². The van der Waals surface area contributed by atoms with Crippen molar-refractivity contribution in [2.45, 2.75) is 26.0 Å². The zero-order valence-electron chi connectivity index (χ0n) is 16.2. The maximum atomic E-state index is 12.8. The van der Waals surface area contributed by atoms with Gasteiger partial charge in [-0.1, -0.05) is 19.9 Å². The molecule has 150 valence electrons. The van der Waals surface area contributed by atoms with E-state index in [4.69, 9.17) is 14.2 Å². The van der Waals surface area contributed by atoms with Gasteiger partial charge in [0.2, 0.25) is 11.8 Å². The molecule has 0 aromatic heterocycles. The molecule has 0 aliphatic carbocycles. The van der Waals surface area contributed by atoms with Gasteiger partial charge in [0.05, 0.1) is 40.0 Å². The Balaban J connectivity index is 2.27. The second-order valence-electron chi connectivity index (χ2n) is 6.61. The Morgan fingerprint density at radius 2 is 2.00 bits per heavy atom. The third kappa shape index (κ3) is 4.90. The summed E-state index contributed by atoms with van der Waals surface area (Å²) >= 11 is 0. The summed E-state index contributed by atoms with van der Waals surface area (Å²) < 4.78 is 16.3. The lowest BCUT2D eigenvalue weighted by atomic mass is 9.97. The molecule has 1 saturated heterocycles. The van der Waals surface area contributed by atoms with Crippen LogP contribution in [-0.4, -0.2) is 68.4 Å². The molecule has 0 saturated carbocycles. The number of nitrogens with zero attached hydrogens (tertiary/aromatic N) is 1. The van der Waals surface area contributed by atoms with E-state index in [1.54, 1.807) is 38.0 Å². The van der Waals surface area contributed by atoms with E-state index in [-0.39, 0.29) is 30.9 Å². The van der Waals surface area contributed by atoms with Gasteiger partial charge in [-0.2, -0.15) is 0 Å². The van der Waals surface area contributed by atoms with Gasteiger partial charge in [-0.15, -0.1) is 0 Å². The Morgan fingerprint density at radius 3 is 2.59 bits per heavy atom. The first-order valence-corrected chi connectivity index (χ1v) is 8.94. The molecule has 1 heterocycles. The van der Waals surface area contributed by atoms with E-state index >= 15 is 0 Å². The molecule has 1 aromatic carbocycles. The molecule has 2 atom stereocenters. The first kappa shape index (κ1) is 21.0. The van der Waals surface area contributed by atoms with E-state index in [1.165, 1.54) is 7.11 Å². The second kappa shape index (κ2) is 9.57. The van der Waals surface area contributed by atoms with Crippen LogP contribution in [0, 0.1) is 5.92 Å². The monoisotopic (exact) mass is 380 g/mol. The highest BCUT2D eigenvalue weighted by molar-refractivity contribution is 5.85. The van der Waals surface area contributed by atoms with Crippen molar-refractivity contribution in [2.75, 3.05) is 40.5 Å². The van der Waals surface area contributed by atoms with Gasteiger partial charge in [0.25, 0.3) is 0 Å². The molecule has 2 amide bonds. The number of aliphatic hydroxyl groups excluding tert-OH is 1. The highest BCUT2D eigenvalue weighted by atomic mass is 16.5. The molecular formula is C19H28N2O6. The molecule has 1 aromatic rings. The van der Waals surface area contributed by atoms with Crippen LogP contribution in [-0.2, 0) is 14.3 Å². The van der Waals surface area contributed by atoms with Crippen molar-refractivity contribution in [3.05, 3.63) is 23.8 Å². The van der Waals surface area contributed by atoms with Gasteiger partial charge in [-0.25, -0.2) is 0 Å². The summed E-state index contributed by atoms with van der Waals surface area (Å²) in [5, 5.41) is 12.4. The van der Waals surface area contributed by atoms with Crippen molar-refractivity contribution in [1.29, 1.82) is 0 Å². The lowest BCUT2D eigenvalue weighted by Crippen LogP contribution is -2.52. The van der Waals surface area contributed by atoms with E-state index in [0.29, 0.717) is 24.7 Å². The van der Waals surface area contributed by atoms with Gasteiger partial charge in [-0.3, -0.25) is 9.59 Å². The zero-order chi connectivity index (χ0) is 20.0. The average Bonchev–Trinajstić information content (AvgIpc) is 2.70. The molecule has 1 fully saturated rings. The van der Waals surface area contributed by atoms with Crippen LogP contribution < -0.4 is 14.8 Å². The maximum Gasteiger partial charge on any atom is 0.242 e. The van der Waals surface area contributed by atoms with Crippen LogP contribution in [0.4, 0.5) is 0 Å². The highest BCUT2D eigenvalue weighted by Gasteiger charge is 2.36. The average molecular weight is 380 g/mol. The number of hydrogen-bond acceptors (Lipinski definition) is 6. The number of carbonyl (C=O) groups excluding carboxylic acids is 2. The van der Waals surface area contributed by atoms with E-state index < -0.39 is 12.1 Å². The lowest BCUT2D eigenvalue weighted by molar-refractivity contribution is -0.150. The molecule has 0 radical (unpaired) electrons. The number of carbonyl (C=O) groups is 2. The fourth-order valence-corrected chi connectivity index (χ4v) is 3.07. The van der Waals surface area contributed by atoms with E-state index in [0.717, 1.165) is 5.56 Å². The molecule has 8 heteroatoms. The topological polar surface area (TPSA) is 97.3 Å². The normalized spacial score (nSPS) is 19.7. The molecule has 0 unspecified atom stereocenters. The minimum absolute atomic E-state index is 0.0983. The number of ether oxygens (including phenoxy) is 3. The largest absolute Gasteiger partial charge is 0.493 e. The van der Waals surface area contributed by atoms with Crippen LogP contribution >= 0.6 is 0 Å². The summed E-state index contributed by atoms with van der Waals surface area (Å²) in [5.41, 5.74) is 0.759. The number of amides is 2. The van der Waals surface area contributed by atoms with Gasteiger partial charge in [0.1, 0.15) is 6.10 Å². The number of hydrogen-bond donors (Lipinski definition) is 2. The summed E-state index contributed by atoms with van der Waals surface area (Å²) in [4.78, 5) is 26.2. The summed E-state index contributed by atoms with van der Waals surface area (Å²) in [5.74, 6) is 0.483. The Labute approximate surface area is 159 Å². The van der Waals surface area contributed by atoms with Gasteiger partial charge in [0, 0.05) is 12.5 Å². The third-order valence-electron chi connectivity index (χ3n) is 4.54. The number of morpholine rings is 1. The molecule has 1 aliphatic rings. The van der Waals surface area contributed by atoms with Crippen molar-refractivity contribution >= 4 is 11.8 Å².